The topological polar surface area (TPSA) is 19.4 Å². The summed E-state index contributed by atoms with van der Waals surface area (Å²) in [6.07, 6.45) is 7.98. The van der Waals surface area contributed by atoms with Crippen LogP contribution in [0, 0.1) is 0 Å². The molecule has 0 aliphatic carbocycles. The summed E-state index contributed by atoms with van der Waals surface area (Å²) in [4.78, 5) is 10.8. The van der Waals surface area contributed by atoms with Crippen molar-refractivity contribution in [1.82, 2.24) is 14.8 Å². The number of aromatic nitrogens is 1. The fourth-order valence-corrected chi connectivity index (χ4v) is 4.66. The van der Waals surface area contributed by atoms with Gasteiger partial charge in [-0.3, -0.25) is 14.8 Å². The predicted octanol–water partition coefficient (Wildman–Crippen LogP) is 3.73. The molecule has 2 aliphatic heterocycles. The van der Waals surface area contributed by atoms with Gasteiger partial charge < -0.3 is 0 Å². The van der Waals surface area contributed by atoms with Crippen LogP contribution in [0.15, 0.2) is 36.0 Å². The molecule has 2 aliphatic rings. The molecule has 3 nitrogen and oxygen atoms in total. The largest absolute Gasteiger partial charge is 0.299 e. The van der Waals surface area contributed by atoms with Crippen molar-refractivity contribution < 1.29 is 0 Å². The Morgan fingerprint density at radius 3 is 2.57 bits per heavy atom. The van der Waals surface area contributed by atoms with Crippen LogP contribution in [-0.2, 0) is 13.1 Å². The predicted molar refractivity (Wildman–Crippen MR) is 95.7 cm³/mol. The monoisotopic (exact) mass is 327 g/mol. The number of rotatable bonds is 5. The van der Waals surface area contributed by atoms with E-state index >= 15 is 0 Å². The van der Waals surface area contributed by atoms with Gasteiger partial charge in [-0.2, -0.15) is 0 Å². The van der Waals surface area contributed by atoms with Gasteiger partial charge in [-0.05, 0) is 60.6 Å². The molecule has 0 spiro atoms. The first kappa shape index (κ1) is 15.3. The molecule has 0 N–H and O–H groups in total. The van der Waals surface area contributed by atoms with Crippen molar-refractivity contribution in [3.8, 4) is 0 Å². The molecule has 122 valence electrons. The quantitative estimate of drug-likeness (QED) is 0.834. The Hall–Kier alpha value is -1.23. The highest BCUT2D eigenvalue weighted by atomic mass is 32.1. The third-order valence-electron chi connectivity index (χ3n) is 5.08. The van der Waals surface area contributed by atoms with E-state index < -0.39 is 0 Å². The van der Waals surface area contributed by atoms with Crippen LogP contribution in [0.25, 0.3) is 0 Å². The highest BCUT2D eigenvalue weighted by molar-refractivity contribution is 7.10. The van der Waals surface area contributed by atoms with Crippen molar-refractivity contribution in [2.24, 2.45) is 0 Å². The highest BCUT2D eigenvalue weighted by Gasteiger charge is 2.28. The lowest BCUT2D eigenvalue weighted by atomic mass is 9.92. The second-order valence-electron chi connectivity index (χ2n) is 6.93. The minimum atomic E-state index is 0.700. The SMILES string of the molecule is c1cc(C2CN(Cc3cc(CN4CCCCC4)cs3)C2)ccn1. The van der Waals surface area contributed by atoms with Crippen LogP contribution in [-0.4, -0.2) is 41.0 Å². The van der Waals surface area contributed by atoms with Crippen LogP contribution in [0.2, 0.25) is 0 Å². The summed E-state index contributed by atoms with van der Waals surface area (Å²) in [6.45, 7) is 7.20. The zero-order chi connectivity index (χ0) is 15.5. The van der Waals surface area contributed by atoms with Gasteiger partial charge in [0.05, 0.1) is 0 Å². The maximum absolute atomic E-state index is 4.11. The van der Waals surface area contributed by atoms with E-state index in [1.807, 2.05) is 23.7 Å². The van der Waals surface area contributed by atoms with Crippen molar-refractivity contribution in [1.29, 1.82) is 0 Å². The number of piperidine rings is 1. The lowest BCUT2D eigenvalue weighted by Gasteiger charge is -2.39. The van der Waals surface area contributed by atoms with Gasteiger partial charge in [0.1, 0.15) is 0 Å². The van der Waals surface area contributed by atoms with E-state index in [0.29, 0.717) is 5.92 Å². The Labute approximate surface area is 143 Å². The van der Waals surface area contributed by atoms with Gasteiger partial charge in [0, 0.05) is 49.4 Å². The van der Waals surface area contributed by atoms with Crippen molar-refractivity contribution >= 4 is 11.3 Å². The maximum Gasteiger partial charge on any atom is 0.0328 e. The van der Waals surface area contributed by atoms with E-state index in [4.69, 9.17) is 0 Å². The Kier molecular flexibility index (Phi) is 4.74. The Bertz CT molecular complexity index is 613. The summed E-state index contributed by atoms with van der Waals surface area (Å²) in [6, 6.07) is 6.74. The normalized spacial score (nSPS) is 20.5. The van der Waals surface area contributed by atoms with Crippen molar-refractivity contribution in [2.75, 3.05) is 26.2 Å². The van der Waals surface area contributed by atoms with Crippen LogP contribution in [0.4, 0.5) is 0 Å². The lowest BCUT2D eigenvalue weighted by molar-refractivity contribution is 0.141. The molecule has 0 radical (unpaired) electrons. The van der Waals surface area contributed by atoms with Crippen molar-refractivity contribution in [3.05, 3.63) is 52.0 Å². The third kappa shape index (κ3) is 3.82. The summed E-state index contributed by atoms with van der Waals surface area (Å²) in [5.41, 5.74) is 2.95. The molecule has 0 amide bonds. The van der Waals surface area contributed by atoms with Crippen molar-refractivity contribution in [3.63, 3.8) is 0 Å². The van der Waals surface area contributed by atoms with Crippen LogP contribution in [0.3, 0.4) is 0 Å². The summed E-state index contributed by atoms with van der Waals surface area (Å²) in [5.74, 6) is 0.700. The van der Waals surface area contributed by atoms with E-state index in [9.17, 15) is 0 Å². The maximum atomic E-state index is 4.11. The molecule has 4 heterocycles. The highest BCUT2D eigenvalue weighted by Crippen LogP contribution is 2.29. The molecule has 23 heavy (non-hydrogen) atoms. The molecule has 4 heteroatoms. The van der Waals surface area contributed by atoms with Gasteiger partial charge in [-0.15, -0.1) is 11.3 Å². The zero-order valence-electron chi connectivity index (χ0n) is 13.7. The van der Waals surface area contributed by atoms with Gasteiger partial charge in [0.25, 0.3) is 0 Å². The summed E-state index contributed by atoms with van der Waals surface area (Å²) in [7, 11) is 0. The zero-order valence-corrected chi connectivity index (χ0v) is 14.5. The molecule has 0 saturated carbocycles. The fourth-order valence-electron chi connectivity index (χ4n) is 3.73. The summed E-state index contributed by atoms with van der Waals surface area (Å²) >= 11 is 1.93. The van der Waals surface area contributed by atoms with E-state index in [1.165, 1.54) is 61.4 Å². The fraction of sp³-hybridized carbons (Fsp3) is 0.526. The number of hydrogen-bond donors (Lipinski definition) is 0. The number of likely N-dealkylation sites (tertiary alicyclic amines) is 2. The molecule has 2 aromatic rings. The molecule has 0 unspecified atom stereocenters. The smallest absolute Gasteiger partial charge is 0.0328 e. The molecule has 0 atom stereocenters. The van der Waals surface area contributed by atoms with Gasteiger partial charge >= 0.3 is 0 Å². The molecule has 0 bridgehead atoms. The standard InChI is InChI=1S/C19H25N3S/c1-2-8-21(9-3-1)11-16-10-19(23-15-16)14-22-12-18(13-22)17-4-6-20-7-5-17/h4-7,10,15,18H,1-3,8-9,11-14H2. The molecule has 2 aromatic heterocycles. The summed E-state index contributed by atoms with van der Waals surface area (Å²) < 4.78 is 0. The Balaban J connectivity index is 1.26. The molecule has 2 saturated heterocycles. The van der Waals surface area contributed by atoms with Crippen LogP contribution >= 0.6 is 11.3 Å². The van der Waals surface area contributed by atoms with Gasteiger partial charge in [-0.1, -0.05) is 6.42 Å². The van der Waals surface area contributed by atoms with E-state index in [1.54, 1.807) is 0 Å². The third-order valence-corrected chi connectivity index (χ3v) is 6.05. The first-order valence-electron chi connectivity index (χ1n) is 8.78. The summed E-state index contributed by atoms with van der Waals surface area (Å²) in [5, 5.41) is 2.37. The molecular weight excluding hydrogens is 302 g/mol. The second-order valence-corrected chi connectivity index (χ2v) is 7.93. The lowest BCUT2D eigenvalue weighted by Crippen LogP contribution is -2.43. The molecular formula is C19H25N3S. The second kappa shape index (κ2) is 7.12. The van der Waals surface area contributed by atoms with Crippen molar-refractivity contribution in [2.45, 2.75) is 38.3 Å². The van der Waals surface area contributed by atoms with Gasteiger partial charge in [-0.25, -0.2) is 0 Å². The number of pyridine rings is 1. The number of thiophene rings is 1. The van der Waals surface area contributed by atoms with E-state index in [2.05, 4.69) is 38.4 Å². The Morgan fingerprint density at radius 1 is 1.00 bits per heavy atom. The first-order chi connectivity index (χ1) is 11.4. The van der Waals surface area contributed by atoms with E-state index in [-0.39, 0.29) is 0 Å². The Morgan fingerprint density at radius 2 is 1.78 bits per heavy atom. The van der Waals surface area contributed by atoms with Crippen LogP contribution < -0.4 is 0 Å². The number of hydrogen-bond acceptors (Lipinski definition) is 4. The average Bonchev–Trinajstić information content (AvgIpc) is 2.99. The first-order valence-corrected chi connectivity index (χ1v) is 9.66. The van der Waals surface area contributed by atoms with Crippen LogP contribution in [0.5, 0.6) is 0 Å². The van der Waals surface area contributed by atoms with Gasteiger partial charge in [0.15, 0.2) is 0 Å². The molecule has 4 rings (SSSR count). The molecule has 2 fully saturated rings. The molecule has 0 aromatic carbocycles. The van der Waals surface area contributed by atoms with Crippen LogP contribution in [0.1, 0.15) is 41.2 Å². The minimum absolute atomic E-state index is 0.700. The average molecular weight is 327 g/mol. The van der Waals surface area contributed by atoms with Gasteiger partial charge in [0.2, 0.25) is 0 Å². The minimum Gasteiger partial charge on any atom is -0.299 e. The van der Waals surface area contributed by atoms with E-state index in [0.717, 1.165) is 13.1 Å². The number of nitrogens with zero attached hydrogens (tertiary/aromatic N) is 3.